The van der Waals surface area contributed by atoms with Gasteiger partial charge >= 0.3 is 0 Å². The molecule has 1 aromatic heterocycles. The van der Waals surface area contributed by atoms with Crippen molar-refractivity contribution in [2.75, 3.05) is 0 Å². The summed E-state index contributed by atoms with van der Waals surface area (Å²) in [6.45, 7) is 0. The van der Waals surface area contributed by atoms with Gasteiger partial charge in [0.2, 0.25) is 0 Å². The molecule has 3 aliphatic carbocycles. The van der Waals surface area contributed by atoms with Crippen molar-refractivity contribution in [1.82, 2.24) is 10.3 Å². The van der Waals surface area contributed by atoms with Crippen LogP contribution in [0.4, 0.5) is 0 Å². The topological polar surface area (TPSA) is 24.9 Å². The van der Waals surface area contributed by atoms with Crippen molar-refractivity contribution in [2.45, 2.75) is 89.1 Å². The molecule has 116 valence electrons. The van der Waals surface area contributed by atoms with Crippen molar-refractivity contribution >= 4 is 11.3 Å². The summed E-state index contributed by atoms with van der Waals surface area (Å²) in [5, 5.41) is 5.39. The molecule has 2 saturated carbocycles. The molecule has 0 aromatic carbocycles. The largest absolute Gasteiger partial charge is 0.305 e. The lowest BCUT2D eigenvalue weighted by atomic mass is 9.92. The van der Waals surface area contributed by atoms with E-state index in [9.17, 15) is 0 Å². The van der Waals surface area contributed by atoms with Crippen molar-refractivity contribution in [3.8, 4) is 0 Å². The fourth-order valence-corrected chi connectivity index (χ4v) is 5.37. The smallest absolute Gasteiger partial charge is 0.110 e. The summed E-state index contributed by atoms with van der Waals surface area (Å²) in [4.78, 5) is 6.70. The van der Waals surface area contributed by atoms with Gasteiger partial charge in [0.1, 0.15) is 5.01 Å². The molecule has 0 radical (unpaired) electrons. The summed E-state index contributed by atoms with van der Waals surface area (Å²) in [5.41, 5.74) is 1.44. The fourth-order valence-electron chi connectivity index (χ4n) is 4.06. The van der Waals surface area contributed by atoms with Crippen LogP contribution >= 0.6 is 11.3 Å². The van der Waals surface area contributed by atoms with Gasteiger partial charge in [0.05, 0.1) is 11.7 Å². The van der Waals surface area contributed by atoms with Gasteiger partial charge in [-0.3, -0.25) is 0 Å². The Labute approximate surface area is 132 Å². The van der Waals surface area contributed by atoms with Crippen LogP contribution in [0.5, 0.6) is 0 Å². The Kier molecular flexibility index (Phi) is 4.31. The van der Waals surface area contributed by atoms with Gasteiger partial charge in [0, 0.05) is 10.9 Å². The molecule has 1 heterocycles. The van der Waals surface area contributed by atoms with E-state index in [-0.39, 0.29) is 0 Å². The SMILES string of the molecule is C1CCCC(C(NC2CC2)c2nc3c(s2)CCCC3)CC1. The van der Waals surface area contributed by atoms with Crippen LogP contribution in [0.15, 0.2) is 0 Å². The van der Waals surface area contributed by atoms with E-state index in [2.05, 4.69) is 5.32 Å². The Morgan fingerprint density at radius 3 is 2.38 bits per heavy atom. The molecule has 1 unspecified atom stereocenters. The predicted octanol–water partition coefficient (Wildman–Crippen LogP) is 4.79. The minimum absolute atomic E-state index is 0.561. The molecule has 21 heavy (non-hydrogen) atoms. The third-order valence-electron chi connectivity index (χ3n) is 5.49. The molecule has 0 aliphatic heterocycles. The van der Waals surface area contributed by atoms with E-state index in [4.69, 9.17) is 4.98 Å². The molecule has 3 heteroatoms. The van der Waals surface area contributed by atoms with E-state index in [0.29, 0.717) is 6.04 Å². The summed E-state index contributed by atoms with van der Waals surface area (Å²) >= 11 is 2.04. The highest BCUT2D eigenvalue weighted by atomic mass is 32.1. The average Bonchev–Trinajstić information content (AvgIpc) is 3.27. The molecule has 0 spiro atoms. The zero-order valence-electron chi connectivity index (χ0n) is 13.1. The normalized spacial score (nSPS) is 25.3. The summed E-state index contributed by atoms with van der Waals surface area (Å²) in [7, 11) is 0. The lowest BCUT2D eigenvalue weighted by Gasteiger charge is -2.25. The van der Waals surface area contributed by atoms with Gasteiger partial charge in [0.25, 0.3) is 0 Å². The highest BCUT2D eigenvalue weighted by Crippen LogP contribution is 2.39. The molecular weight excluding hydrogens is 276 g/mol. The van der Waals surface area contributed by atoms with E-state index in [1.165, 1.54) is 87.8 Å². The van der Waals surface area contributed by atoms with Gasteiger partial charge in [-0.1, -0.05) is 25.7 Å². The molecule has 3 aliphatic rings. The number of aromatic nitrogens is 1. The number of nitrogens with one attached hydrogen (secondary N) is 1. The Morgan fingerprint density at radius 1 is 0.905 bits per heavy atom. The average molecular weight is 305 g/mol. The maximum absolute atomic E-state index is 5.09. The molecule has 2 fully saturated rings. The fraction of sp³-hybridized carbons (Fsp3) is 0.833. The minimum atomic E-state index is 0.561. The highest BCUT2D eigenvalue weighted by molar-refractivity contribution is 7.11. The molecule has 0 amide bonds. The predicted molar refractivity (Wildman–Crippen MR) is 88.8 cm³/mol. The van der Waals surface area contributed by atoms with Crippen LogP contribution in [0.25, 0.3) is 0 Å². The van der Waals surface area contributed by atoms with E-state index >= 15 is 0 Å². The molecule has 1 atom stereocenters. The Balaban J connectivity index is 1.56. The summed E-state index contributed by atoms with van der Waals surface area (Å²) in [6, 6.07) is 1.35. The molecule has 1 N–H and O–H groups in total. The van der Waals surface area contributed by atoms with Crippen molar-refractivity contribution < 1.29 is 0 Å². The number of aryl methyl sites for hydroxylation is 2. The summed E-state index contributed by atoms with van der Waals surface area (Å²) in [5.74, 6) is 0.834. The van der Waals surface area contributed by atoms with Crippen molar-refractivity contribution in [3.05, 3.63) is 15.6 Å². The summed E-state index contributed by atoms with van der Waals surface area (Å²) < 4.78 is 0. The first kappa shape index (κ1) is 14.2. The van der Waals surface area contributed by atoms with E-state index < -0.39 is 0 Å². The van der Waals surface area contributed by atoms with Gasteiger partial charge in [-0.15, -0.1) is 11.3 Å². The second-order valence-corrected chi connectivity index (χ2v) is 8.41. The number of hydrogen-bond acceptors (Lipinski definition) is 3. The number of hydrogen-bond donors (Lipinski definition) is 1. The van der Waals surface area contributed by atoms with Gasteiger partial charge in [-0.05, 0) is 57.3 Å². The quantitative estimate of drug-likeness (QED) is 0.809. The van der Waals surface area contributed by atoms with Crippen LogP contribution in [0.2, 0.25) is 0 Å². The Morgan fingerprint density at radius 2 is 1.67 bits per heavy atom. The van der Waals surface area contributed by atoms with Crippen LogP contribution in [0, 0.1) is 5.92 Å². The van der Waals surface area contributed by atoms with Crippen molar-refractivity contribution in [1.29, 1.82) is 0 Å². The Bertz CT molecular complexity index is 446. The van der Waals surface area contributed by atoms with Crippen LogP contribution in [0.3, 0.4) is 0 Å². The minimum Gasteiger partial charge on any atom is -0.305 e. The van der Waals surface area contributed by atoms with E-state index in [0.717, 1.165) is 12.0 Å². The number of nitrogens with zero attached hydrogens (tertiary/aromatic N) is 1. The lowest BCUT2D eigenvalue weighted by molar-refractivity contribution is 0.322. The first-order valence-electron chi connectivity index (χ1n) is 9.14. The monoisotopic (exact) mass is 304 g/mol. The molecular formula is C18H28N2S. The Hall–Kier alpha value is -0.410. The zero-order valence-corrected chi connectivity index (χ0v) is 13.9. The van der Waals surface area contributed by atoms with Gasteiger partial charge < -0.3 is 5.32 Å². The lowest BCUT2D eigenvalue weighted by Crippen LogP contribution is -2.30. The van der Waals surface area contributed by atoms with Crippen LogP contribution in [0.1, 0.15) is 85.8 Å². The molecule has 2 nitrogen and oxygen atoms in total. The second-order valence-electron chi connectivity index (χ2n) is 7.30. The van der Waals surface area contributed by atoms with E-state index in [1.54, 1.807) is 4.88 Å². The first-order valence-corrected chi connectivity index (χ1v) is 9.96. The van der Waals surface area contributed by atoms with Gasteiger partial charge in [-0.2, -0.15) is 0 Å². The van der Waals surface area contributed by atoms with E-state index in [1.807, 2.05) is 11.3 Å². The van der Waals surface area contributed by atoms with Gasteiger partial charge in [-0.25, -0.2) is 4.98 Å². The number of thiazole rings is 1. The van der Waals surface area contributed by atoms with Crippen LogP contribution in [-0.2, 0) is 12.8 Å². The number of rotatable bonds is 4. The van der Waals surface area contributed by atoms with Crippen LogP contribution < -0.4 is 5.32 Å². The first-order chi connectivity index (χ1) is 10.4. The maximum Gasteiger partial charge on any atom is 0.110 e. The van der Waals surface area contributed by atoms with Crippen molar-refractivity contribution in [3.63, 3.8) is 0 Å². The molecule has 1 aromatic rings. The highest BCUT2D eigenvalue weighted by Gasteiger charge is 2.33. The third-order valence-corrected chi connectivity index (χ3v) is 6.73. The zero-order chi connectivity index (χ0) is 14.1. The summed E-state index contributed by atoms with van der Waals surface area (Å²) in [6.07, 6.45) is 16.6. The second kappa shape index (κ2) is 6.37. The maximum atomic E-state index is 5.09. The molecule has 0 bridgehead atoms. The standard InChI is InChI=1S/C18H28N2S/c1-2-4-8-13(7-3-1)17(19-14-11-12-14)18-20-15-9-5-6-10-16(15)21-18/h13-14,17,19H,1-12H2. The van der Waals surface area contributed by atoms with Crippen molar-refractivity contribution in [2.24, 2.45) is 5.92 Å². The van der Waals surface area contributed by atoms with Gasteiger partial charge in [0.15, 0.2) is 0 Å². The molecule has 0 saturated heterocycles. The third kappa shape index (κ3) is 3.34. The molecule has 4 rings (SSSR count). The van der Waals surface area contributed by atoms with Crippen LogP contribution in [-0.4, -0.2) is 11.0 Å². The number of fused-ring (bicyclic) bond motifs is 1.